The van der Waals surface area contributed by atoms with Crippen molar-refractivity contribution in [1.29, 1.82) is 0 Å². The maximum atomic E-state index is 12.0. The Kier molecular flexibility index (Phi) is 2.83. The summed E-state index contributed by atoms with van der Waals surface area (Å²) in [5.41, 5.74) is 8.05. The monoisotopic (exact) mass is 223 g/mol. The minimum absolute atomic E-state index is 0.0490. The van der Waals surface area contributed by atoms with E-state index in [0.717, 1.165) is 23.4 Å². The third-order valence-corrected chi connectivity index (χ3v) is 4.09. The first-order valence-electron chi connectivity index (χ1n) is 5.55. The summed E-state index contributed by atoms with van der Waals surface area (Å²) in [6.07, 6.45) is 4.58. The van der Waals surface area contributed by atoms with Crippen LogP contribution in [0.1, 0.15) is 47.5 Å². The van der Waals surface area contributed by atoms with Crippen LogP contribution in [0.15, 0.2) is 0 Å². The summed E-state index contributed by atoms with van der Waals surface area (Å²) < 4.78 is 0. The maximum absolute atomic E-state index is 12.0. The van der Waals surface area contributed by atoms with Gasteiger partial charge in [0.15, 0.2) is 5.78 Å². The van der Waals surface area contributed by atoms with Crippen molar-refractivity contribution >= 4 is 22.1 Å². The van der Waals surface area contributed by atoms with Crippen LogP contribution in [-0.4, -0.2) is 5.78 Å². The van der Waals surface area contributed by atoms with E-state index in [1.807, 2.05) is 13.8 Å². The summed E-state index contributed by atoms with van der Waals surface area (Å²) in [6, 6.07) is 0. The molecule has 0 unspecified atom stereocenters. The number of fused-ring (bicyclic) bond motifs is 1. The number of nitrogens with two attached hydrogens (primary N) is 1. The smallest absolute Gasteiger partial charge is 0.168 e. The summed E-state index contributed by atoms with van der Waals surface area (Å²) in [6.45, 7) is 3.88. The summed E-state index contributed by atoms with van der Waals surface area (Å²) >= 11 is 1.62. The zero-order valence-corrected chi connectivity index (χ0v) is 10.1. The fraction of sp³-hybridized carbons (Fsp3) is 0.583. The molecule has 0 saturated carbocycles. The standard InChI is InChI=1S/C12H17NOS/c1-7(2)11(14)10-8-5-3-4-6-9(8)15-12(10)13/h7H,3-6,13H2,1-2H3. The minimum atomic E-state index is 0.0490. The molecule has 15 heavy (non-hydrogen) atoms. The zero-order valence-electron chi connectivity index (χ0n) is 9.30. The van der Waals surface area contributed by atoms with Crippen molar-refractivity contribution in [2.75, 3.05) is 5.73 Å². The normalized spacial score (nSPS) is 15.4. The van der Waals surface area contributed by atoms with E-state index < -0.39 is 0 Å². The Morgan fingerprint density at radius 1 is 1.33 bits per heavy atom. The van der Waals surface area contributed by atoms with Gasteiger partial charge in [0, 0.05) is 10.8 Å². The van der Waals surface area contributed by atoms with Gasteiger partial charge in [-0.2, -0.15) is 0 Å². The first-order valence-corrected chi connectivity index (χ1v) is 6.37. The molecule has 3 heteroatoms. The Bertz CT molecular complexity index is 393. The Hall–Kier alpha value is -0.830. The van der Waals surface area contributed by atoms with Crippen molar-refractivity contribution in [2.45, 2.75) is 39.5 Å². The second-order valence-electron chi connectivity index (χ2n) is 4.47. The van der Waals surface area contributed by atoms with Crippen LogP contribution in [0, 0.1) is 5.92 Å². The predicted octanol–water partition coefficient (Wildman–Crippen LogP) is 3.05. The highest BCUT2D eigenvalue weighted by Crippen LogP contribution is 2.37. The van der Waals surface area contributed by atoms with Crippen molar-refractivity contribution < 1.29 is 4.79 Å². The van der Waals surface area contributed by atoms with Crippen molar-refractivity contribution in [3.63, 3.8) is 0 Å². The second kappa shape index (κ2) is 3.97. The molecule has 0 fully saturated rings. The lowest BCUT2D eigenvalue weighted by Gasteiger charge is -2.13. The number of carbonyl (C=O) groups is 1. The van der Waals surface area contributed by atoms with Gasteiger partial charge >= 0.3 is 0 Å². The number of anilines is 1. The number of Topliss-reactive ketones (excluding diaryl/α,β-unsaturated/α-hetero) is 1. The van der Waals surface area contributed by atoms with E-state index in [1.54, 1.807) is 11.3 Å². The quantitative estimate of drug-likeness (QED) is 0.783. The Labute approximate surface area is 94.5 Å². The van der Waals surface area contributed by atoms with Crippen LogP contribution in [0.25, 0.3) is 0 Å². The highest BCUT2D eigenvalue weighted by molar-refractivity contribution is 7.16. The topological polar surface area (TPSA) is 43.1 Å². The molecule has 1 aliphatic carbocycles. The van der Waals surface area contributed by atoms with Gasteiger partial charge in [0.1, 0.15) is 0 Å². The Morgan fingerprint density at radius 3 is 2.67 bits per heavy atom. The molecule has 0 spiro atoms. The van der Waals surface area contributed by atoms with Gasteiger partial charge in [0.25, 0.3) is 0 Å². The van der Waals surface area contributed by atoms with E-state index in [4.69, 9.17) is 5.73 Å². The maximum Gasteiger partial charge on any atom is 0.168 e. The van der Waals surface area contributed by atoms with Gasteiger partial charge in [0.2, 0.25) is 0 Å². The highest BCUT2D eigenvalue weighted by atomic mass is 32.1. The molecule has 2 N–H and O–H groups in total. The predicted molar refractivity (Wildman–Crippen MR) is 64.5 cm³/mol. The molecule has 1 aromatic rings. The lowest BCUT2D eigenvalue weighted by molar-refractivity contribution is 0.0939. The first kappa shape index (κ1) is 10.7. The molecule has 0 atom stereocenters. The molecule has 0 amide bonds. The van der Waals surface area contributed by atoms with E-state index >= 15 is 0 Å². The number of rotatable bonds is 2. The SMILES string of the molecule is CC(C)C(=O)c1c(N)sc2c1CCCC2. The van der Waals surface area contributed by atoms with E-state index in [9.17, 15) is 4.79 Å². The van der Waals surface area contributed by atoms with E-state index in [1.165, 1.54) is 23.3 Å². The molecule has 1 heterocycles. The van der Waals surface area contributed by atoms with E-state index in [2.05, 4.69) is 0 Å². The third-order valence-electron chi connectivity index (χ3n) is 2.97. The molecule has 0 saturated heterocycles. The van der Waals surface area contributed by atoms with Crippen molar-refractivity contribution in [1.82, 2.24) is 0 Å². The first-order chi connectivity index (χ1) is 7.11. The van der Waals surface area contributed by atoms with Gasteiger partial charge in [-0.15, -0.1) is 11.3 Å². The van der Waals surface area contributed by atoms with Crippen molar-refractivity contribution in [3.05, 3.63) is 16.0 Å². The van der Waals surface area contributed by atoms with Gasteiger partial charge in [-0.3, -0.25) is 4.79 Å². The molecule has 1 aromatic heterocycles. The Balaban J connectivity index is 2.46. The largest absolute Gasteiger partial charge is 0.390 e. The van der Waals surface area contributed by atoms with Crippen LogP contribution in [-0.2, 0) is 12.8 Å². The summed E-state index contributed by atoms with van der Waals surface area (Å²) in [4.78, 5) is 13.4. The van der Waals surface area contributed by atoms with E-state index in [-0.39, 0.29) is 11.7 Å². The molecular formula is C12H17NOS. The molecular weight excluding hydrogens is 206 g/mol. The molecule has 0 aliphatic heterocycles. The molecule has 0 bridgehead atoms. The average molecular weight is 223 g/mol. The number of thiophene rings is 1. The van der Waals surface area contributed by atoms with Gasteiger partial charge < -0.3 is 5.73 Å². The fourth-order valence-electron chi connectivity index (χ4n) is 2.15. The van der Waals surface area contributed by atoms with Crippen molar-refractivity contribution in [3.8, 4) is 0 Å². The van der Waals surface area contributed by atoms with Gasteiger partial charge in [-0.05, 0) is 31.2 Å². The van der Waals surface area contributed by atoms with Crippen LogP contribution in [0.5, 0.6) is 0 Å². The Morgan fingerprint density at radius 2 is 2.00 bits per heavy atom. The highest BCUT2D eigenvalue weighted by Gasteiger charge is 2.25. The van der Waals surface area contributed by atoms with Crippen molar-refractivity contribution in [2.24, 2.45) is 5.92 Å². The third kappa shape index (κ3) is 1.81. The number of carbonyl (C=O) groups excluding carboxylic acids is 1. The number of hydrogen-bond acceptors (Lipinski definition) is 3. The summed E-state index contributed by atoms with van der Waals surface area (Å²) in [7, 11) is 0. The fourth-order valence-corrected chi connectivity index (χ4v) is 3.31. The number of ketones is 1. The minimum Gasteiger partial charge on any atom is -0.390 e. The van der Waals surface area contributed by atoms with Gasteiger partial charge in [0.05, 0.1) is 10.6 Å². The lowest BCUT2D eigenvalue weighted by Crippen LogP contribution is -2.12. The molecule has 82 valence electrons. The van der Waals surface area contributed by atoms with E-state index in [0.29, 0.717) is 0 Å². The summed E-state index contributed by atoms with van der Waals surface area (Å²) in [5, 5.41) is 0.737. The van der Waals surface area contributed by atoms with Gasteiger partial charge in [-0.1, -0.05) is 13.8 Å². The average Bonchev–Trinajstić information content (AvgIpc) is 2.52. The number of aryl methyl sites for hydroxylation is 1. The molecule has 1 aliphatic rings. The van der Waals surface area contributed by atoms with Crippen LogP contribution in [0.3, 0.4) is 0 Å². The number of nitrogen functional groups attached to an aromatic ring is 1. The number of hydrogen-bond donors (Lipinski definition) is 1. The summed E-state index contributed by atoms with van der Waals surface area (Å²) in [5.74, 6) is 0.264. The van der Waals surface area contributed by atoms with Gasteiger partial charge in [-0.25, -0.2) is 0 Å². The van der Waals surface area contributed by atoms with Crippen LogP contribution in [0.2, 0.25) is 0 Å². The molecule has 2 nitrogen and oxygen atoms in total. The van der Waals surface area contributed by atoms with Crippen LogP contribution < -0.4 is 5.73 Å². The second-order valence-corrected chi connectivity index (χ2v) is 5.61. The lowest BCUT2D eigenvalue weighted by atomic mass is 9.91. The molecule has 2 rings (SSSR count). The molecule has 0 aromatic carbocycles. The van der Waals surface area contributed by atoms with Crippen LogP contribution in [0.4, 0.5) is 5.00 Å². The molecule has 0 radical (unpaired) electrons. The zero-order chi connectivity index (χ0) is 11.0. The van der Waals surface area contributed by atoms with Crippen LogP contribution >= 0.6 is 11.3 Å².